The molecule has 1 atom stereocenters. The van der Waals surface area contributed by atoms with E-state index in [4.69, 9.17) is 0 Å². The SMILES string of the molecule is CCCNCC1CCCN1CCC. The van der Waals surface area contributed by atoms with Crippen molar-refractivity contribution < 1.29 is 0 Å². The van der Waals surface area contributed by atoms with Gasteiger partial charge in [-0.1, -0.05) is 13.8 Å². The maximum absolute atomic E-state index is 3.52. The van der Waals surface area contributed by atoms with Crippen molar-refractivity contribution in [1.82, 2.24) is 10.2 Å². The third-order valence-corrected chi connectivity index (χ3v) is 2.82. The minimum absolute atomic E-state index is 0.825. The quantitative estimate of drug-likeness (QED) is 0.634. The summed E-state index contributed by atoms with van der Waals surface area (Å²) in [5.74, 6) is 0. The van der Waals surface area contributed by atoms with Gasteiger partial charge >= 0.3 is 0 Å². The Kier molecular flexibility index (Phi) is 5.40. The van der Waals surface area contributed by atoms with E-state index in [-0.39, 0.29) is 0 Å². The Bertz CT molecular complexity index is 125. The van der Waals surface area contributed by atoms with Crippen LogP contribution in [0.25, 0.3) is 0 Å². The highest BCUT2D eigenvalue weighted by atomic mass is 15.2. The molecule has 1 saturated heterocycles. The fourth-order valence-electron chi connectivity index (χ4n) is 2.15. The lowest BCUT2D eigenvalue weighted by Gasteiger charge is -2.23. The van der Waals surface area contributed by atoms with E-state index in [9.17, 15) is 0 Å². The molecule has 1 rings (SSSR count). The van der Waals surface area contributed by atoms with Gasteiger partial charge in [-0.2, -0.15) is 0 Å². The first-order valence-electron chi connectivity index (χ1n) is 5.83. The van der Waals surface area contributed by atoms with Crippen LogP contribution in [0, 0.1) is 0 Å². The van der Waals surface area contributed by atoms with Gasteiger partial charge in [0.15, 0.2) is 0 Å². The summed E-state index contributed by atoms with van der Waals surface area (Å²) >= 11 is 0. The van der Waals surface area contributed by atoms with E-state index in [1.807, 2.05) is 0 Å². The first kappa shape index (κ1) is 11.0. The lowest BCUT2D eigenvalue weighted by atomic mass is 10.2. The average molecular weight is 184 g/mol. The molecule has 2 nitrogen and oxygen atoms in total. The Morgan fingerprint density at radius 1 is 1.31 bits per heavy atom. The molecule has 1 aliphatic heterocycles. The van der Waals surface area contributed by atoms with Gasteiger partial charge in [0, 0.05) is 12.6 Å². The van der Waals surface area contributed by atoms with Crippen molar-refractivity contribution in [1.29, 1.82) is 0 Å². The predicted octanol–water partition coefficient (Wildman–Crippen LogP) is 1.86. The van der Waals surface area contributed by atoms with Gasteiger partial charge in [-0.15, -0.1) is 0 Å². The van der Waals surface area contributed by atoms with Crippen molar-refractivity contribution >= 4 is 0 Å². The van der Waals surface area contributed by atoms with Crippen LogP contribution in [0.1, 0.15) is 39.5 Å². The van der Waals surface area contributed by atoms with Crippen molar-refractivity contribution in [2.24, 2.45) is 0 Å². The van der Waals surface area contributed by atoms with Crippen molar-refractivity contribution in [3.05, 3.63) is 0 Å². The molecule has 0 spiro atoms. The molecule has 1 unspecified atom stereocenters. The van der Waals surface area contributed by atoms with Crippen LogP contribution in [0.4, 0.5) is 0 Å². The summed E-state index contributed by atoms with van der Waals surface area (Å²) in [5, 5.41) is 3.52. The molecule has 78 valence electrons. The van der Waals surface area contributed by atoms with Crippen molar-refractivity contribution in [2.45, 2.75) is 45.6 Å². The monoisotopic (exact) mass is 184 g/mol. The van der Waals surface area contributed by atoms with Crippen LogP contribution in [0.15, 0.2) is 0 Å². The third-order valence-electron chi connectivity index (χ3n) is 2.82. The standard InChI is InChI=1S/C11H24N2/c1-3-7-12-10-11-6-5-9-13(11)8-4-2/h11-12H,3-10H2,1-2H3. The van der Waals surface area contributed by atoms with E-state index in [2.05, 4.69) is 24.1 Å². The summed E-state index contributed by atoms with van der Waals surface area (Å²) < 4.78 is 0. The third kappa shape index (κ3) is 3.65. The molecule has 0 aromatic heterocycles. The van der Waals surface area contributed by atoms with Gasteiger partial charge in [-0.25, -0.2) is 0 Å². The minimum Gasteiger partial charge on any atom is -0.315 e. The second-order valence-corrected chi connectivity index (χ2v) is 4.04. The molecule has 0 aromatic rings. The Morgan fingerprint density at radius 3 is 2.85 bits per heavy atom. The summed E-state index contributed by atoms with van der Waals surface area (Å²) in [5.41, 5.74) is 0. The van der Waals surface area contributed by atoms with Crippen molar-refractivity contribution in [3.8, 4) is 0 Å². The molecular weight excluding hydrogens is 160 g/mol. The highest BCUT2D eigenvalue weighted by Crippen LogP contribution is 2.16. The van der Waals surface area contributed by atoms with Gasteiger partial charge in [0.25, 0.3) is 0 Å². The van der Waals surface area contributed by atoms with Crippen LogP contribution in [0.2, 0.25) is 0 Å². The van der Waals surface area contributed by atoms with Crippen molar-refractivity contribution in [2.75, 3.05) is 26.2 Å². The van der Waals surface area contributed by atoms with Gasteiger partial charge in [-0.05, 0) is 45.3 Å². The summed E-state index contributed by atoms with van der Waals surface area (Å²) in [7, 11) is 0. The molecular formula is C11H24N2. The Balaban J connectivity index is 2.15. The van der Waals surface area contributed by atoms with Gasteiger partial charge in [0.2, 0.25) is 0 Å². The van der Waals surface area contributed by atoms with Crippen LogP contribution < -0.4 is 5.32 Å². The number of nitrogens with one attached hydrogen (secondary N) is 1. The number of hydrogen-bond acceptors (Lipinski definition) is 2. The first-order chi connectivity index (χ1) is 6.38. The van der Waals surface area contributed by atoms with E-state index in [0.29, 0.717) is 0 Å². The van der Waals surface area contributed by atoms with E-state index in [1.165, 1.54) is 51.9 Å². The van der Waals surface area contributed by atoms with E-state index >= 15 is 0 Å². The first-order valence-corrected chi connectivity index (χ1v) is 5.83. The highest BCUT2D eigenvalue weighted by molar-refractivity contribution is 4.80. The Labute approximate surface area is 82.7 Å². The lowest BCUT2D eigenvalue weighted by molar-refractivity contribution is 0.248. The van der Waals surface area contributed by atoms with Crippen LogP contribution in [-0.4, -0.2) is 37.1 Å². The molecule has 1 fully saturated rings. The zero-order valence-electron chi connectivity index (χ0n) is 9.18. The molecule has 0 radical (unpaired) electrons. The fourth-order valence-corrected chi connectivity index (χ4v) is 2.15. The zero-order chi connectivity index (χ0) is 9.52. The Morgan fingerprint density at radius 2 is 2.15 bits per heavy atom. The maximum atomic E-state index is 3.52. The van der Waals surface area contributed by atoms with E-state index < -0.39 is 0 Å². The van der Waals surface area contributed by atoms with Gasteiger partial charge < -0.3 is 5.32 Å². The molecule has 0 aromatic carbocycles. The summed E-state index contributed by atoms with van der Waals surface area (Å²) in [6.45, 7) is 9.50. The predicted molar refractivity (Wildman–Crippen MR) is 58.0 cm³/mol. The van der Waals surface area contributed by atoms with Crippen molar-refractivity contribution in [3.63, 3.8) is 0 Å². The summed E-state index contributed by atoms with van der Waals surface area (Å²) in [6.07, 6.45) is 5.35. The summed E-state index contributed by atoms with van der Waals surface area (Å²) in [6, 6.07) is 0.825. The fraction of sp³-hybridized carbons (Fsp3) is 1.00. The minimum atomic E-state index is 0.825. The second-order valence-electron chi connectivity index (χ2n) is 4.04. The maximum Gasteiger partial charge on any atom is 0.0221 e. The van der Waals surface area contributed by atoms with Crippen LogP contribution >= 0.6 is 0 Å². The normalized spacial score (nSPS) is 24.0. The van der Waals surface area contributed by atoms with Gasteiger partial charge in [0.05, 0.1) is 0 Å². The molecule has 0 saturated carbocycles. The molecule has 13 heavy (non-hydrogen) atoms. The largest absolute Gasteiger partial charge is 0.315 e. The van der Waals surface area contributed by atoms with Gasteiger partial charge in [0.1, 0.15) is 0 Å². The smallest absolute Gasteiger partial charge is 0.0221 e. The van der Waals surface area contributed by atoms with E-state index in [0.717, 1.165) is 6.04 Å². The second kappa shape index (κ2) is 6.39. The number of nitrogens with zero attached hydrogens (tertiary/aromatic N) is 1. The molecule has 1 heterocycles. The number of likely N-dealkylation sites (tertiary alicyclic amines) is 1. The highest BCUT2D eigenvalue weighted by Gasteiger charge is 2.22. The summed E-state index contributed by atoms with van der Waals surface area (Å²) in [4.78, 5) is 2.64. The topological polar surface area (TPSA) is 15.3 Å². The van der Waals surface area contributed by atoms with E-state index in [1.54, 1.807) is 0 Å². The van der Waals surface area contributed by atoms with Crippen LogP contribution in [-0.2, 0) is 0 Å². The van der Waals surface area contributed by atoms with Crippen LogP contribution in [0.3, 0.4) is 0 Å². The molecule has 2 heteroatoms. The zero-order valence-corrected chi connectivity index (χ0v) is 9.18. The average Bonchev–Trinajstić information content (AvgIpc) is 2.54. The number of hydrogen-bond donors (Lipinski definition) is 1. The number of rotatable bonds is 6. The molecule has 0 amide bonds. The van der Waals surface area contributed by atoms with Crippen LogP contribution in [0.5, 0.6) is 0 Å². The molecule has 0 aliphatic carbocycles. The lowest BCUT2D eigenvalue weighted by Crippen LogP contribution is -2.38. The van der Waals surface area contributed by atoms with Gasteiger partial charge in [-0.3, -0.25) is 4.90 Å². The molecule has 1 aliphatic rings. The molecule has 0 bridgehead atoms. The molecule has 1 N–H and O–H groups in total. The Hall–Kier alpha value is -0.0800.